The van der Waals surface area contributed by atoms with Crippen LogP contribution >= 0.6 is 0 Å². The summed E-state index contributed by atoms with van der Waals surface area (Å²) in [6.45, 7) is 0. The smallest absolute Gasteiger partial charge is 0.272 e. The van der Waals surface area contributed by atoms with Crippen LogP contribution in [0.5, 0.6) is 0 Å². The third-order valence-electron chi connectivity index (χ3n) is 2.38. The number of hydrogen-bond acceptors (Lipinski definition) is 5. The van der Waals surface area contributed by atoms with E-state index in [4.69, 9.17) is 0 Å². The maximum absolute atomic E-state index is 11.7. The summed E-state index contributed by atoms with van der Waals surface area (Å²) >= 11 is 0. The largest absolute Gasteiger partial charge is 0.292 e. The molecule has 0 atom stereocenters. The number of imide groups is 1. The molecule has 1 aromatic carbocycles. The summed E-state index contributed by atoms with van der Waals surface area (Å²) in [6, 6.07) is 8.38. The molecular formula is C11H11NO5S. The van der Waals surface area contributed by atoms with Gasteiger partial charge in [-0.05, 0) is 5.56 Å². The first-order valence-corrected chi connectivity index (χ1v) is 6.88. The lowest BCUT2D eigenvalue weighted by Gasteiger charge is -2.12. The fourth-order valence-electron chi connectivity index (χ4n) is 1.56. The summed E-state index contributed by atoms with van der Waals surface area (Å²) in [5, 5.41) is 0.332. The van der Waals surface area contributed by atoms with E-state index in [9.17, 15) is 18.0 Å². The van der Waals surface area contributed by atoms with Crippen LogP contribution in [0.25, 0.3) is 0 Å². The molecule has 0 aromatic heterocycles. The van der Waals surface area contributed by atoms with Gasteiger partial charge in [-0.25, -0.2) is 0 Å². The molecule has 1 fully saturated rings. The molecule has 2 rings (SSSR count). The number of carbonyl (C=O) groups is 2. The lowest BCUT2D eigenvalue weighted by molar-refractivity contribution is -0.163. The average Bonchev–Trinajstić information content (AvgIpc) is 2.61. The zero-order chi connectivity index (χ0) is 13.2. The van der Waals surface area contributed by atoms with Crippen molar-refractivity contribution in [1.29, 1.82) is 0 Å². The molecule has 0 aliphatic carbocycles. The number of amides is 2. The van der Waals surface area contributed by atoms with Crippen molar-refractivity contribution in [1.82, 2.24) is 5.06 Å². The van der Waals surface area contributed by atoms with Gasteiger partial charge in [0.15, 0.2) is 0 Å². The Morgan fingerprint density at radius 3 is 2.17 bits per heavy atom. The van der Waals surface area contributed by atoms with Crippen molar-refractivity contribution in [3.63, 3.8) is 0 Å². The Morgan fingerprint density at radius 2 is 1.61 bits per heavy atom. The predicted molar refractivity (Wildman–Crippen MR) is 61.2 cm³/mol. The molecule has 0 N–H and O–H groups in total. The van der Waals surface area contributed by atoms with Gasteiger partial charge in [0, 0.05) is 12.8 Å². The highest BCUT2D eigenvalue weighted by Crippen LogP contribution is 2.16. The first-order chi connectivity index (χ1) is 8.48. The molecule has 0 spiro atoms. The van der Waals surface area contributed by atoms with Crippen molar-refractivity contribution in [2.24, 2.45) is 0 Å². The zero-order valence-electron chi connectivity index (χ0n) is 9.40. The summed E-state index contributed by atoms with van der Waals surface area (Å²) in [5.41, 5.74) is 0.525. The Hall–Kier alpha value is -1.73. The highest BCUT2D eigenvalue weighted by Gasteiger charge is 2.34. The number of hydrogen-bond donors (Lipinski definition) is 0. The van der Waals surface area contributed by atoms with Crippen LogP contribution in [0.3, 0.4) is 0 Å². The maximum Gasteiger partial charge on any atom is 0.292 e. The fourth-order valence-corrected chi connectivity index (χ4v) is 2.60. The minimum atomic E-state index is -4.00. The Balaban J connectivity index is 2.08. The van der Waals surface area contributed by atoms with Crippen LogP contribution in [0, 0.1) is 0 Å². The van der Waals surface area contributed by atoms with Crippen molar-refractivity contribution >= 4 is 21.9 Å². The summed E-state index contributed by atoms with van der Waals surface area (Å²) in [5.74, 6) is -1.64. The molecule has 1 saturated heterocycles. The van der Waals surface area contributed by atoms with Crippen molar-refractivity contribution in [2.75, 3.05) is 0 Å². The highest BCUT2D eigenvalue weighted by molar-refractivity contribution is 7.85. The average molecular weight is 269 g/mol. The van der Waals surface area contributed by atoms with Crippen molar-refractivity contribution in [3.8, 4) is 0 Å². The number of carbonyl (C=O) groups excluding carboxylic acids is 2. The van der Waals surface area contributed by atoms with Gasteiger partial charge in [-0.15, -0.1) is 9.35 Å². The molecule has 7 heteroatoms. The molecule has 1 aliphatic rings. The van der Waals surface area contributed by atoms with E-state index in [-0.39, 0.29) is 18.6 Å². The quantitative estimate of drug-likeness (QED) is 0.747. The third-order valence-corrected chi connectivity index (χ3v) is 3.44. The first-order valence-electron chi connectivity index (χ1n) is 5.30. The van der Waals surface area contributed by atoms with Crippen LogP contribution in [-0.2, 0) is 29.7 Å². The van der Waals surface area contributed by atoms with Crippen LogP contribution < -0.4 is 0 Å². The number of hydroxylamine groups is 2. The molecule has 1 heterocycles. The summed E-state index contributed by atoms with van der Waals surface area (Å²) in [6.07, 6.45) is -0.0284. The summed E-state index contributed by atoms with van der Waals surface area (Å²) in [4.78, 5) is 22.5. The van der Waals surface area contributed by atoms with Crippen molar-refractivity contribution < 1.29 is 22.3 Å². The van der Waals surface area contributed by atoms with E-state index >= 15 is 0 Å². The molecule has 18 heavy (non-hydrogen) atoms. The minimum absolute atomic E-state index is 0.0142. The molecule has 1 aliphatic heterocycles. The van der Waals surface area contributed by atoms with Gasteiger partial charge in [-0.1, -0.05) is 30.3 Å². The standard InChI is InChI=1S/C11H11NO5S/c13-10-6-7-11(14)12(10)17-18(15,16)8-9-4-2-1-3-5-9/h1-5H,6-8H2. The second-order valence-electron chi connectivity index (χ2n) is 3.84. The maximum atomic E-state index is 11.7. The second-order valence-corrected chi connectivity index (χ2v) is 5.40. The second kappa shape index (κ2) is 4.87. The van der Waals surface area contributed by atoms with Gasteiger partial charge in [-0.3, -0.25) is 9.59 Å². The highest BCUT2D eigenvalue weighted by atomic mass is 32.2. The van der Waals surface area contributed by atoms with Crippen molar-refractivity contribution in [2.45, 2.75) is 18.6 Å². The predicted octanol–water partition coefficient (Wildman–Crippen LogP) is 0.597. The molecule has 0 bridgehead atoms. The fraction of sp³-hybridized carbons (Fsp3) is 0.273. The van der Waals surface area contributed by atoms with Gasteiger partial charge in [0.1, 0.15) is 5.75 Å². The van der Waals surface area contributed by atoms with Gasteiger partial charge >= 0.3 is 0 Å². The van der Waals surface area contributed by atoms with E-state index in [2.05, 4.69) is 4.28 Å². The Bertz CT molecular complexity index is 550. The first kappa shape index (κ1) is 12.7. The lowest BCUT2D eigenvalue weighted by Crippen LogP contribution is -2.32. The third kappa shape index (κ3) is 2.93. The minimum Gasteiger partial charge on any atom is -0.272 e. The molecule has 0 unspecified atom stereocenters. The van der Waals surface area contributed by atoms with Gasteiger partial charge in [0.05, 0.1) is 0 Å². The van der Waals surface area contributed by atoms with E-state index in [0.717, 1.165) is 0 Å². The summed E-state index contributed by atoms with van der Waals surface area (Å²) in [7, 11) is -4.00. The van der Waals surface area contributed by atoms with E-state index < -0.39 is 21.9 Å². The van der Waals surface area contributed by atoms with Gasteiger partial charge in [0.25, 0.3) is 21.9 Å². The van der Waals surface area contributed by atoms with E-state index in [0.29, 0.717) is 10.6 Å². The van der Waals surface area contributed by atoms with Gasteiger partial charge < -0.3 is 0 Å². The van der Waals surface area contributed by atoms with E-state index in [1.165, 1.54) is 0 Å². The monoisotopic (exact) mass is 269 g/mol. The molecule has 96 valence electrons. The molecular weight excluding hydrogens is 258 g/mol. The van der Waals surface area contributed by atoms with Crippen LogP contribution in [0.4, 0.5) is 0 Å². The molecule has 0 radical (unpaired) electrons. The topological polar surface area (TPSA) is 80.8 Å². The zero-order valence-corrected chi connectivity index (χ0v) is 10.2. The van der Waals surface area contributed by atoms with Crippen LogP contribution in [-0.4, -0.2) is 25.3 Å². The van der Waals surface area contributed by atoms with Crippen LogP contribution in [0.1, 0.15) is 18.4 Å². The molecule has 2 amide bonds. The molecule has 6 nitrogen and oxygen atoms in total. The van der Waals surface area contributed by atoms with Crippen LogP contribution in [0.15, 0.2) is 30.3 Å². The number of benzene rings is 1. The van der Waals surface area contributed by atoms with Crippen LogP contribution in [0.2, 0.25) is 0 Å². The number of nitrogens with zero attached hydrogens (tertiary/aromatic N) is 1. The SMILES string of the molecule is O=C1CCC(=O)N1OS(=O)(=O)Cc1ccccc1. The van der Waals surface area contributed by atoms with E-state index in [1.807, 2.05) is 0 Å². The Morgan fingerprint density at radius 1 is 1.06 bits per heavy atom. The molecule has 1 aromatic rings. The normalized spacial score (nSPS) is 16.3. The Labute approximate surface area is 104 Å². The molecule has 0 saturated carbocycles. The van der Waals surface area contributed by atoms with Crippen molar-refractivity contribution in [3.05, 3.63) is 35.9 Å². The van der Waals surface area contributed by atoms with Gasteiger partial charge in [-0.2, -0.15) is 8.42 Å². The van der Waals surface area contributed by atoms with E-state index in [1.54, 1.807) is 30.3 Å². The lowest BCUT2D eigenvalue weighted by atomic mass is 10.2. The summed E-state index contributed by atoms with van der Waals surface area (Å²) < 4.78 is 27.9. The number of rotatable bonds is 4. The Kier molecular flexibility index (Phi) is 3.44. The van der Waals surface area contributed by atoms with Gasteiger partial charge in [0.2, 0.25) is 0 Å².